The van der Waals surface area contributed by atoms with Crippen LogP contribution in [0.4, 0.5) is 22.0 Å². The molecule has 0 saturated carbocycles. The molecular formula is C10H6F5NO3. The van der Waals surface area contributed by atoms with Gasteiger partial charge in [-0.3, -0.25) is 4.79 Å². The third-order valence-electron chi connectivity index (χ3n) is 2.06. The molecule has 0 radical (unpaired) electrons. The van der Waals surface area contributed by atoms with Crippen LogP contribution in [-0.4, -0.2) is 23.2 Å². The van der Waals surface area contributed by atoms with Crippen molar-refractivity contribution in [2.24, 2.45) is 0 Å². The first-order chi connectivity index (χ1) is 8.62. The highest BCUT2D eigenvalue weighted by atomic mass is 19.4. The molecule has 0 unspecified atom stereocenters. The summed E-state index contributed by atoms with van der Waals surface area (Å²) in [5.41, 5.74) is -1.55. The fourth-order valence-corrected chi connectivity index (χ4v) is 1.16. The Morgan fingerprint density at radius 2 is 1.74 bits per heavy atom. The van der Waals surface area contributed by atoms with Gasteiger partial charge in [-0.1, -0.05) is 0 Å². The Morgan fingerprint density at radius 1 is 1.16 bits per heavy atom. The maximum absolute atomic E-state index is 13.3. The number of carbonyl (C=O) groups excluding carboxylic acids is 1. The van der Waals surface area contributed by atoms with Gasteiger partial charge in [-0.2, -0.15) is 13.2 Å². The van der Waals surface area contributed by atoms with Gasteiger partial charge in [-0.25, -0.2) is 13.6 Å². The molecule has 0 atom stereocenters. The van der Waals surface area contributed by atoms with Crippen LogP contribution < -0.4 is 5.32 Å². The van der Waals surface area contributed by atoms with Crippen LogP contribution in [0.25, 0.3) is 0 Å². The fraction of sp³-hybridized carbons (Fsp3) is 0.200. The maximum atomic E-state index is 13.3. The van der Waals surface area contributed by atoms with Crippen molar-refractivity contribution < 1.29 is 36.6 Å². The summed E-state index contributed by atoms with van der Waals surface area (Å²) in [4.78, 5) is 20.9. The van der Waals surface area contributed by atoms with Gasteiger partial charge in [0.05, 0.1) is 5.56 Å². The second-order valence-corrected chi connectivity index (χ2v) is 3.41. The third kappa shape index (κ3) is 3.63. The Bertz CT molecular complexity index is 527. The van der Waals surface area contributed by atoms with Gasteiger partial charge >= 0.3 is 18.1 Å². The molecule has 0 spiro atoms. The number of hydrogen-bond donors (Lipinski definition) is 2. The van der Waals surface area contributed by atoms with Gasteiger partial charge in [0, 0.05) is 12.1 Å². The molecule has 1 aromatic rings. The molecule has 1 rings (SSSR count). The minimum Gasteiger partial charge on any atom is -0.478 e. The van der Waals surface area contributed by atoms with Gasteiger partial charge in [-0.15, -0.1) is 0 Å². The molecule has 2 N–H and O–H groups in total. The Labute approximate surface area is 102 Å². The summed E-state index contributed by atoms with van der Waals surface area (Å²) < 4.78 is 62.0. The van der Waals surface area contributed by atoms with Crippen LogP contribution in [-0.2, 0) is 11.3 Å². The summed E-state index contributed by atoms with van der Waals surface area (Å²) >= 11 is 0. The van der Waals surface area contributed by atoms with Gasteiger partial charge < -0.3 is 10.4 Å². The predicted octanol–water partition coefficient (Wildman–Crippen LogP) is 1.84. The zero-order valence-electron chi connectivity index (χ0n) is 9.02. The van der Waals surface area contributed by atoms with E-state index in [1.165, 1.54) is 5.32 Å². The van der Waals surface area contributed by atoms with E-state index in [2.05, 4.69) is 0 Å². The number of carboxylic acid groups (broad SMARTS) is 1. The first-order valence-corrected chi connectivity index (χ1v) is 4.69. The lowest BCUT2D eigenvalue weighted by Gasteiger charge is -2.09. The Hall–Kier alpha value is -2.19. The molecule has 9 heteroatoms. The van der Waals surface area contributed by atoms with Crippen LogP contribution in [0, 0.1) is 11.6 Å². The number of alkyl halides is 3. The second-order valence-electron chi connectivity index (χ2n) is 3.41. The molecule has 0 saturated heterocycles. The quantitative estimate of drug-likeness (QED) is 0.832. The number of amides is 1. The van der Waals surface area contributed by atoms with Crippen molar-refractivity contribution in [3.63, 3.8) is 0 Å². The lowest BCUT2D eigenvalue weighted by molar-refractivity contribution is -0.173. The van der Waals surface area contributed by atoms with Crippen molar-refractivity contribution in [3.8, 4) is 0 Å². The normalized spacial score (nSPS) is 11.2. The van der Waals surface area contributed by atoms with E-state index in [1.54, 1.807) is 0 Å². The summed E-state index contributed by atoms with van der Waals surface area (Å²) in [6.45, 7) is -0.916. The van der Waals surface area contributed by atoms with E-state index in [4.69, 9.17) is 5.11 Å². The zero-order chi connectivity index (χ0) is 14.8. The standard InChI is InChI=1S/C10H6F5NO3/c11-6-2-5(8(17)18)7(12)1-4(6)3-16-9(19)10(13,14)15/h1-2H,3H2,(H,16,19)(H,17,18). The van der Waals surface area contributed by atoms with Crippen LogP contribution in [0.15, 0.2) is 12.1 Å². The van der Waals surface area contributed by atoms with Crippen LogP contribution in [0.2, 0.25) is 0 Å². The summed E-state index contributed by atoms with van der Waals surface area (Å²) in [6.07, 6.45) is -5.14. The predicted molar refractivity (Wildman–Crippen MR) is 51.2 cm³/mol. The highest BCUT2D eigenvalue weighted by molar-refractivity contribution is 5.88. The number of carbonyl (C=O) groups is 2. The smallest absolute Gasteiger partial charge is 0.471 e. The molecule has 104 valence electrons. The Kier molecular flexibility index (Phi) is 4.07. The van der Waals surface area contributed by atoms with Crippen molar-refractivity contribution in [1.82, 2.24) is 5.32 Å². The van der Waals surface area contributed by atoms with Gasteiger partial charge in [0.1, 0.15) is 11.6 Å². The van der Waals surface area contributed by atoms with Gasteiger partial charge in [0.25, 0.3) is 0 Å². The third-order valence-corrected chi connectivity index (χ3v) is 2.06. The van der Waals surface area contributed by atoms with E-state index >= 15 is 0 Å². The van der Waals surface area contributed by atoms with Gasteiger partial charge in [0.2, 0.25) is 0 Å². The maximum Gasteiger partial charge on any atom is 0.471 e. The van der Waals surface area contributed by atoms with E-state index in [0.29, 0.717) is 12.1 Å². The number of hydrogen-bond acceptors (Lipinski definition) is 2. The molecule has 1 amide bonds. The van der Waals surface area contributed by atoms with Crippen LogP contribution in [0.3, 0.4) is 0 Å². The second kappa shape index (κ2) is 5.21. The van der Waals surface area contributed by atoms with E-state index in [-0.39, 0.29) is 0 Å². The number of benzene rings is 1. The molecule has 0 heterocycles. The monoisotopic (exact) mass is 283 g/mol. The highest BCUT2D eigenvalue weighted by Gasteiger charge is 2.38. The van der Waals surface area contributed by atoms with E-state index in [0.717, 1.165) is 0 Å². The zero-order valence-corrected chi connectivity index (χ0v) is 9.02. The molecule has 0 fully saturated rings. The molecule has 19 heavy (non-hydrogen) atoms. The first-order valence-electron chi connectivity index (χ1n) is 4.69. The van der Waals surface area contributed by atoms with E-state index in [9.17, 15) is 31.5 Å². The van der Waals surface area contributed by atoms with Crippen molar-refractivity contribution >= 4 is 11.9 Å². The molecule has 0 bridgehead atoms. The Morgan fingerprint density at radius 3 is 2.21 bits per heavy atom. The summed E-state index contributed by atoms with van der Waals surface area (Å²) in [5.74, 6) is -6.58. The molecule has 0 aliphatic rings. The highest BCUT2D eigenvalue weighted by Crippen LogP contribution is 2.17. The van der Waals surface area contributed by atoms with Gasteiger partial charge in [0.15, 0.2) is 0 Å². The number of aromatic carboxylic acids is 1. The topological polar surface area (TPSA) is 66.4 Å². The van der Waals surface area contributed by atoms with E-state index < -0.39 is 47.4 Å². The average Bonchev–Trinajstić information content (AvgIpc) is 2.27. The first kappa shape index (κ1) is 14.9. The SMILES string of the molecule is O=C(O)c1cc(F)c(CNC(=O)C(F)(F)F)cc1F. The van der Waals surface area contributed by atoms with Crippen molar-refractivity contribution in [3.05, 3.63) is 34.9 Å². The minimum absolute atomic E-state index is 0.326. The minimum atomic E-state index is -5.14. The molecular weight excluding hydrogens is 277 g/mol. The van der Waals surface area contributed by atoms with Crippen molar-refractivity contribution in [2.45, 2.75) is 12.7 Å². The Balaban J connectivity index is 2.89. The fourth-order valence-electron chi connectivity index (χ4n) is 1.16. The van der Waals surface area contributed by atoms with Crippen LogP contribution in [0.5, 0.6) is 0 Å². The number of nitrogens with one attached hydrogen (secondary N) is 1. The summed E-state index contributed by atoms with van der Waals surface area (Å²) in [7, 11) is 0. The molecule has 0 aliphatic carbocycles. The molecule has 0 aliphatic heterocycles. The van der Waals surface area contributed by atoms with Crippen molar-refractivity contribution in [2.75, 3.05) is 0 Å². The van der Waals surface area contributed by atoms with Crippen LogP contribution >= 0.6 is 0 Å². The van der Waals surface area contributed by atoms with Crippen LogP contribution in [0.1, 0.15) is 15.9 Å². The molecule has 4 nitrogen and oxygen atoms in total. The van der Waals surface area contributed by atoms with Crippen molar-refractivity contribution in [1.29, 1.82) is 0 Å². The number of rotatable bonds is 3. The summed E-state index contributed by atoms with van der Waals surface area (Å²) in [6, 6.07) is 0.738. The summed E-state index contributed by atoms with van der Waals surface area (Å²) in [5, 5.41) is 9.82. The number of halogens is 5. The van der Waals surface area contributed by atoms with Gasteiger partial charge in [-0.05, 0) is 12.1 Å². The molecule has 1 aromatic carbocycles. The average molecular weight is 283 g/mol. The molecule has 0 aromatic heterocycles. The lowest BCUT2D eigenvalue weighted by Crippen LogP contribution is -2.36. The number of carboxylic acids is 1. The van der Waals surface area contributed by atoms with E-state index in [1.807, 2.05) is 0 Å². The largest absolute Gasteiger partial charge is 0.478 e. The lowest BCUT2D eigenvalue weighted by atomic mass is 10.1.